The molecule has 0 bridgehead atoms. The Morgan fingerprint density at radius 3 is 2.57 bits per heavy atom. The number of pyridine rings is 1. The topological polar surface area (TPSA) is 50.2 Å². The van der Waals surface area contributed by atoms with Gasteiger partial charge in [-0.3, -0.25) is 4.79 Å². The van der Waals surface area contributed by atoms with E-state index in [0.29, 0.717) is 11.2 Å². The number of benzene rings is 2. The predicted octanol–water partition coefficient (Wildman–Crippen LogP) is 3.84. The van der Waals surface area contributed by atoms with Crippen LogP contribution in [0.4, 0.5) is 0 Å². The predicted molar refractivity (Wildman–Crippen MR) is 83.2 cm³/mol. The lowest BCUT2D eigenvalue weighted by Crippen LogP contribution is -1.98. The third-order valence-electron chi connectivity index (χ3n) is 3.18. The highest BCUT2D eigenvalue weighted by molar-refractivity contribution is 6.06. The van der Waals surface area contributed by atoms with Gasteiger partial charge in [0.2, 0.25) is 5.78 Å². The van der Waals surface area contributed by atoms with Crippen LogP contribution in [0.5, 0.6) is 5.75 Å². The summed E-state index contributed by atoms with van der Waals surface area (Å²) >= 11 is 0. The van der Waals surface area contributed by atoms with Crippen LogP contribution in [0.2, 0.25) is 0 Å². The van der Waals surface area contributed by atoms with Crippen LogP contribution >= 0.6 is 0 Å². The minimum atomic E-state index is -0.191. The number of ketones is 1. The number of hydrogen-bond acceptors (Lipinski definition) is 3. The van der Waals surface area contributed by atoms with Crippen molar-refractivity contribution in [3.63, 3.8) is 0 Å². The maximum absolute atomic E-state index is 12.1. The summed E-state index contributed by atoms with van der Waals surface area (Å²) in [7, 11) is 0. The second-order valence-electron chi connectivity index (χ2n) is 4.65. The summed E-state index contributed by atoms with van der Waals surface area (Å²) in [6.07, 6.45) is 3.24. The Labute approximate surface area is 122 Å². The Bertz CT molecular complexity index is 823. The van der Waals surface area contributed by atoms with Gasteiger partial charge in [0.25, 0.3) is 0 Å². The summed E-state index contributed by atoms with van der Waals surface area (Å²) < 4.78 is 0. The van der Waals surface area contributed by atoms with Crippen molar-refractivity contribution in [3.05, 3.63) is 78.0 Å². The van der Waals surface area contributed by atoms with E-state index in [-0.39, 0.29) is 11.5 Å². The first-order chi connectivity index (χ1) is 10.2. The van der Waals surface area contributed by atoms with E-state index in [1.807, 2.05) is 36.4 Å². The smallest absolute Gasteiger partial charge is 0.204 e. The molecule has 0 amide bonds. The van der Waals surface area contributed by atoms with Gasteiger partial charge in [0.15, 0.2) is 0 Å². The van der Waals surface area contributed by atoms with Crippen molar-refractivity contribution in [2.24, 2.45) is 0 Å². The summed E-state index contributed by atoms with van der Waals surface area (Å²) in [6, 6.07) is 18.2. The van der Waals surface area contributed by atoms with Crippen LogP contribution in [0, 0.1) is 0 Å². The highest BCUT2D eigenvalue weighted by Crippen LogP contribution is 2.22. The highest BCUT2D eigenvalue weighted by atomic mass is 16.3. The fraction of sp³-hybridized carbons (Fsp3) is 0. The molecule has 0 aliphatic heterocycles. The minimum absolute atomic E-state index is 0.0780. The zero-order chi connectivity index (χ0) is 14.7. The quantitative estimate of drug-likeness (QED) is 0.583. The van der Waals surface area contributed by atoms with Crippen molar-refractivity contribution in [2.75, 3.05) is 0 Å². The number of hydrogen-bond donors (Lipinski definition) is 1. The second-order valence-corrected chi connectivity index (χ2v) is 4.65. The fourth-order valence-electron chi connectivity index (χ4n) is 2.09. The molecule has 2 aromatic carbocycles. The van der Waals surface area contributed by atoms with E-state index < -0.39 is 0 Å². The van der Waals surface area contributed by atoms with Crippen molar-refractivity contribution in [3.8, 4) is 5.75 Å². The van der Waals surface area contributed by atoms with Crippen LogP contribution in [0.3, 0.4) is 0 Å². The molecular formula is C18H13NO2. The number of carbonyl (C=O) groups is 1. The van der Waals surface area contributed by atoms with E-state index in [1.165, 1.54) is 6.08 Å². The van der Waals surface area contributed by atoms with Gasteiger partial charge in [0, 0.05) is 5.39 Å². The zero-order valence-corrected chi connectivity index (χ0v) is 11.2. The lowest BCUT2D eigenvalue weighted by atomic mass is 10.1. The molecule has 1 heterocycles. The molecule has 3 aromatic rings. The van der Waals surface area contributed by atoms with E-state index >= 15 is 0 Å². The molecule has 0 aliphatic rings. The van der Waals surface area contributed by atoms with Crippen molar-refractivity contribution in [2.45, 2.75) is 0 Å². The first-order valence-electron chi connectivity index (χ1n) is 6.60. The van der Waals surface area contributed by atoms with E-state index in [2.05, 4.69) is 4.98 Å². The Morgan fingerprint density at radius 2 is 1.76 bits per heavy atom. The Hall–Kier alpha value is -2.94. The molecule has 3 heteroatoms. The van der Waals surface area contributed by atoms with Gasteiger partial charge < -0.3 is 5.11 Å². The van der Waals surface area contributed by atoms with Crippen LogP contribution in [0.25, 0.3) is 17.0 Å². The minimum Gasteiger partial charge on any atom is -0.506 e. The molecule has 0 fully saturated rings. The molecule has 1 aromatic heterocycles. The third kappa shape index (κ3) is 2.82. The van der Waals surface area contributed by atoms with Gasteiger partial charge in [0.1, 0.15) is 17.0 Å². The standard InChI is InChI=1S/C18H13NO2/c20-16(12-9-13-5-2-1-3-6-13)15-11-10-14-7-4-8-17(21)18(14)19-15/h1-12,21H. The Balaban J connectivity index is 1.91. The number of phenolic OH excluding ortho intramolecular Hbond substituents is 1. The third-order valence-corrected chi connectivity index (χ3v) is 3.18. The lowest BCUT2D eigenvalue weighted by Gasteiger charge is -2.01. The molecule has 102 valence electrons. The van der Waals surface area contributed by atoms with E-state index in [4.69, 9.17) is 0 Å². The molecule has 0 saturated heterocycles. The van der Waals surface area contributed by atoms with Gasteiger partial charge in [-0.15, -0.1) is 0 Å². The Kier molecular flexibility index (Phi) is 3.48. The van der Waals surface area contributed by atoms with Crippen LogP contribution in [0.15, 0.2) is 66.7 Å². The Morgan fingerprint density at radius 1 is 0.952 bits per heavy atom. The van der Waals surface area contributed by atoms with Crippen LogP contribution in [0.1, 0.15) is 16.1 Å². The van der Waals surface area contributed by atoms with Crippen molar-refractivity contribution < 1.29 is 9.90 Å². The number of fused-ring (bicyclic) bond motifs is 1. The van der Waals surface area contributed by atoms with Gasteiger partial charge in [-0.05, 0) is 23.8 Å². The normalized spacial score (nSPS) is 11.0. The molecule has 0 unspecified atom stereocenters. The van der Waals surface area contributed by atoms with Crippen molar-refractivity contribution >= 4 is 22.8 Å². The molecule has 1 N–H and O–H groups in total. The summed E-state index contributed by atoms with van der Waals surface area (Å²) in [6.45, 7) is 0. The fourth-order valence-corrected chi connectivity index (χ4v) is 2.09. The van der Waals surface area contributed by atoms with Crippen LogP contribution in [-0.4, -0.2) is 15.9 Å². The van der Waals surface area contributed by atoms with E-state index in [9.17, 15) is 9.90 Å². The van der Waals surface area contributed by atoms with Gasteiger partial charge in [-0.25, -0.2) is 4.98 Å². The van der Waals surface area contributed by atoms with Crippen molar-refractivity contribution in [1.82, 2.24) is 4.98 Å². The SMILES string of the molecule is O=C(C=Cc1ccccc1)c1ccc2cccc(O)c2n1. The second kappa shape index (κ2) is 5.59. The summed E-state index contributed by atoms with van der Waals surface area (Å²) in [4.78, 5) is 16.4. The van der Waals surface area contributed by atoms with Crippen molar-refractivity contribution in [1.29, 1.82) is 0 Å². The number of aromatic hydroxyl groups is 1. The first kappa shape index (κ1) is 13.1. The van der Waals surface area contributed by atoms with Gasteiger partial charge in [0.05, 0.1) is 0 Å². The number of phenols is 1. The molecule has 0 spiro atoms. The molecular weight excluding hydrogens is 262 g/mol. The van der Waals surface area contributed by atoms with E-state index in [1.54, 1.807) is 30.3 Å². The molecule has 0 saturated carbocycles. The number of rotatable bonds is 3. The monoisotopic (exact) mass is 275 g/mol. The average Bonchev–Trinajstić information content (AvgIpc) is 2.54. The molecule has 3 nitrogen and oxygen atoms in total. The molecule has 3 rings (SSSR count). The van der Waals surface area contributed by atoms with Crippen LogP contribution in [-0.2, 0) is 0 Å². The number of nitrogens with zero attached hydrogens (tertiary/aromatic N) is 1. The van der Waals surface area contributed by atoms with E-state index in [0.717, 1.165) is 10.9 Å². The number of allylic oxidation sites excluding steroid dienone is 1. The van der Waals surface area contributed by atoms with Gasteiger partial charge in [-0.2, -0.15) is 0 Å². The number of aromatic nitrogens is 1. The first-order valence-corrected chi connectivity index (χ1v) is 6.60. The maximum Gasteiger partial charge on any atom is 0.204 e. The largest absolute Gasteiger partial charge is 0.506 e. The molecule has 0 atom stereocenters. The zero-order valence-electron chi connectivity index (χ0n) is 11.2. The molecule has 0 radical (unpaired) electrons. The molecule has 0 aliphatic carbocycles. The van der Waals surface area contributed by atoms with Gasteiger partial charge in [-0.1, -0.05) is 54.6 Å². The highest BCUT2D eigenvalue weighted by Gasteiger charge is 2.07. The molecule has 21 heavy (non-hydrogen) atoms. The number of para-hydroxylation sites is 1. The average molecular weight is 275 g/mol. The number of carbonyl (C=O) groups excluding carboxylic acids is 1. The van der Waals surface area contributed by atoms with Gasteiger partial charge >= 0.3 is 0 Å². The summed E-state index contributed by atoms with van der Waals surface area (Å²) in [5.74, 6) is -0.113. The summed E-state index contributed by atoms with van der Waals surface area (Å²) in [5, 5.41) is 10.6. The lowest BCUT2D eigenvalue weighted by molar-refractivity contribution is 0.104. The maximum atomic E-state index is 12.1. The summed E-state index contributed by atoms with van der Waals surface area (Å²) in [5.41, 5.74) is 1.71. The van der Waals surface area contributed by atoms with Crippen LogP contribution < -0.4 is 0 Å².